The van der Waals surface area contributed by atoms with Crippen LogP contribution in [0.15, 0.2) is 36.4 Å². The van der Waals surface area contributed by atoms with E-state index in [0.29, 0.717) is 22.6 Å². The van der Waals surface area contributed by atoms with E-state index in [2.05, 4.69) is 9.97 Å². The van der Waals surface area contributed by atoms with E-state index in [-0.39, 0.29) is 5.82 Å². The number of ether oxygens (including phenoxy) is 1. The van der Waals surface area contributed by atoms with Crippen LogP contribution in [0, 0.1) is 12.7 Å². The first-order valence-corrected chi connectivity index (χ1v) is 6.46. The summed E-state index contributed by atoms with van der Waals surface area (Å²) in [6, 6.07) is 10.3. The highest BCUT2D eigenvalue weighted by molar-refractivity contribution is 5.90. The second-order valence-electron chi connectivity index (χ2n) is 4.80. The van der Waals surface area contributed by atoms with Crippen molar-refractivity contribution in [3.05, 3.63) is 47.8 Å². The SMILES string of the molecule is COc1ccc(-c2nc(N)c3cc(C)ccc3n2)c(F)c1. The summed E-state index contributed by atoms with van der Waals surface area (Å²) in [6.07, 6.45) is 0. The van der Waals surface area contributed by atoms with Crippen LogP contribution in [0.4, 0.5) is 10.2 Å². The van der Waals surface area contributed by atoms with Gasteiger partial charge in [-0.3, -0.25) is 0 Å². The minimum absolute atomic E-state index is 0.268. The van der Waals surface area contributed by atoms with Crippen molar-refractivity contribution in [2.45, 2.75) is 6.92 Å². The number of benzene rings is 2. The Labute approximate surface area is 121 Å². The maximum absolute atomic E-state index is 14.1. The predicted molar refractivity (Wildman–Crippen MR) is 80.6 cm³/mol. The predicted octanol–water partition coefficient (Wildman–Crippen LogP) is 3.34. The van der Waals surface area contributed by atoms with E-state index >= 15 is 0 Å². The van der Waals surface area contributed by atoms with Gasteiger partial charge in [0.15, 0.2) is 5.82 Å². The minimum atomic E-state index is -0.444. The number of hydrogen-bond donors (Lipinski definition) is 1. The molecule has 0 spiro atoms. The second-order valence-corrected chi connectivity index (χ2v) is 4.80. The number of aromatic nitrogens is 2. The van der Waals surface area contributed by atoms with E-state index in [1.165, 1.54) is 13.2 Å². The molecule has 2 N–H and O–H groups in total. The van der Waals surface area contributed by atoms with E-state index in [9.17, 15) is 4.39 Å². The van der Waals surface area contributed by atoms with Crippen LogP contribution in [0.1, 0.15) is 5.56 Å². The van der Waals surface area contributed by atoms with Gasteiger partial charge in [0.1, 0.15) is 17.4 Å². The Morgan fingerprint density at radius 3 is 2.62 bits per heavy atom. The fourth-order valence-corrected chi connectivity index (χ4v) is 2.19. The van der Waals surface area contributed by atoms with Crippen LogP contribution in [-0.2, 0) is 0 Å². The van der Waals surface area contributed by atoms with Crippen LogP contribution in [0.5, 0.6) is 5.75 Å². The van der Waals surface area contributed by atoms with Crippen LogP contribution >= 0.6 is 0 Å². The first-order valence-electron chi connectivity index (χ1n) is 6.46. The number of anilines is 1. The summed E-state index contributed by atoms with van der Waals surface area (Å²) in [4.78, 5) is 8.61. The Balaban J connectivity index is 2.19. The van der Waals surface area contributed by atoms with Crippen LogP contribution in [0.3, 0.4) is 0 Å². The molecule has 2 aromatic carbocycles. The van der Waals surface area contributed by atoms with Gasteiger partial charge in [-0.25, -0.2) is 14.4 Å². The van der Waals surface area contributed by atoms with Crippen molar-refractivity contribution in [2.24, 2.45) is 0 Å². The molecule has 0 saturated carbocycles. The number of rotatable bonds is 2. The summed E-state index contributed by atoms with van der Waals surface area (Å²) in [5.41, 5.74) is 8.03. The summed E-state index contributed by atoms with van der Waals surface area (Å²) in [6.45, 7) is 1.97. The number of hydrogen-bond acceptors (Lipinski definition) is 4. The topological polar surface area (TPSA) is 61.0 Å². The standard InChI is InChI=1S/C16H14FN3O/c1-9-3-6-14-12(7-9)15(18)20-16(19-14)11-5-4-10(21-2)8-13(11)17/h3-8H,1-2H3,(H2,18,19,20). The lowest BCUT2D eigenvalue weighted by molar-refractivity contribution is 0.411. The summed E-state index contributed by atoms with van der Waals surface area (Å²) in [7, 11) is 1.49. The van der Waals surface area contributed by atoms with Crippen molar-refractivity contribution in [3.63, 3.8) is 0 Å². The molecule has 21 heavy (non-hydrogen) atoms. The first kappa shape index (κ1) is 13.3. The van der Waals surface area contributed by atoms with Crippen molar-refractivity contribution in [3.8, 4) is 17.1 Å². The number of nitrogens with zero attached hydrogens (tertiary/aromatic N) is 2. The highest BCUT2D eigenvalue weighted by atomic mass is 19.1. The molecule has 106 valence electrons. The molecular weight excluding hydrogens is 269 g/mol. The lowest BCUT2D eigenvalue weighted by atomic mass is 10.1. The molecule has 4 nitrogen and oxygen atoms in total. The maximum Gasteiger partial charge on any atom is 0.165 e. The van der Waals surface area contributed by atoms with Gasteiger partial charge in [0.05, 0.1) is 18.2 Å². The largest absolute Gasteiger partial charge is 0.497 e. The lowest BCUT2D eigenvalue weighted by Gasteiger charge is -2.08. The van der Waals surface area contributed by atoms with Gasteiger partial charge in [0, 0.05) is 11.5 Å². The molecule has 0 aliphatic carbocycles. The van der Waals surface area contributed by atoms with Gasteiger partial charge in [0.2, 0.25) is 0 Å². The van der Waals surface area contributed by atoms with Gasteiger partial charge in [-0.2, -0.15) is 0 Å². The number of aryl methyl sites for hydroxylation is 1. The van der Waals surface area contributed by atoms with Crippen molar-refractivity contribution in [2.75, 3.05) is 12.8 Å². The van der Waals surface area contributed by atoms with E-state index in [1.807, 2.05) is 25.1 Å². The molecule has 1 heterocycles. The molecule has 5 heteroatoms. The Hall–Kier alpha value is -2.69. The van der Waals surface area contributed by atoms with E-state index in [4.69, 9.17) is 10.5 Å². The van der Waals surface area contributed by atoms with Gasteiger partial charge < -0.3 is 10.5 Å². The quantitative estimate of drug-likeness (QED) is 0.783. The van der Waals surface area contributed by atoms with Crippen molar-refractivity contribution >= 4 is 16.7 Å². The summed E-state index contributed by atoms with van der Waals surface area (Å²) in [5.74, 6) is 0.610. The Bertz CT molecular complexity index is 833. The number of methoxy groups -OCH3 is 1. The summed E-state index contributed by atoms with van der Waals surface area (Å²) >= 11 is 0. The molecule has 1 aromatic heterocycles. The number of nitrogens with two attached hydrogens (primary N) is 1. The average molecular weight is 283 g/mol. The van der Waals surface area contributed by atoms with Gasteiger partial charge in [-0.15, -0.1) is 0 Å². The van der Waals surface area contributed by atoms with Crippen LogP contribution in [-0.4, -0.2) is 17.1 Å². The fourth-order valence-electron chi connectivity index (χ4n) is 2.19. The van der Waals surface area contributed by atoms with Crippen LogP contribution in [0.2, 0.25) is 0 Å². The molecule has 0 bridgehead atoms. The molecule has 0 atom stereocenters. The highest BCUT2D eigenvalue weighted by Crippen LogP contribution is 2.27. The second kappa shape index (κ2) is 5.01. The maximum atomic E-state index is 14.1. The molecule has 3 aromatic rings. The molecule has 0 saturated heterocycles. The van der Waals surface area contributed by atoms with Crippen molar-refractivity contribution < 1.29 is 9.13 Å². The third-order valence-corrected chi connectivity index (χ3v) is 3.30. The Morgan fingerprint density at radius 2 is 1.90 bits per heavy atom. The van der Waals surface area contributed by atoms with Gasteiger partial charge in [0.25, 0.3) is 0 Å². The third-order valence-electron chi connectivity index (χ3n) is 3.30. The van der Waals surface area contributed by atoms with Crippen molar-refractivity contribution in [1.29, 1.82) is 0 Å². The monoisotopic (exact) mass is 283 g/mol. The molecule has 0 aliphatic rings. The smallest absolute Gasteiger partial charge is 0.165 e. The lowest BCUT2D eigenvalue weighted by Crippen LogP contribution is -1.99. The molecule has 0 aliphatic heterocycles. The molecule has 0 fully saturated rings. The zero-order valence-electron chi connectivity index (χ0n) is 11.7. The normalized spacial score (nSPS) is 10.8. The number of nitrogen functional groups attached to an aromatic ring is 1. The van der Waals surface area contributed by atoms with Crippen LogP contribution < -0.4 is 10.5 Å². The first-order chi connectivity index (χ1) is 10.1. The van der Waals surface area contributed by atoms with Crippen LogP contribution in [0.25, 0.3) is 22.3 Å². The number of halogens is 1. The van der Waals surface area contributed by atoms with E-state index < -0.39 is 5.82 Å². The zero-order valence-corrected chi connectivity index (χ0v) is 11.7. The Morgan fingerprint density at radius 1 is 1.10 bits per heavy atom. The van der Waals surface area contributed by atoms with Gasteiger partial charge in [-0.1, -0.05) is 11.6 Å². The fraction of sp³-hybridized carbons (Fsp3) is 0.125. The molecule has 3 rings (SSSR count). The van der Waals surface area contributed by atoms with E-state index in [1.54, 1.807) is 12.1 Å². The molecule has 0 radical (unpaired) electrons. The van der Waals surface area contributed by atoms with Gasteiger partial charge in [-0.05, 0) is 31.2 Å². The number of fused-ring (bicyclic) bond motifs is 1. The highest BCUT2D eigenvalue weighted by Gasteiger charge is 2.12. The van der Waals surface area contributed by atoms with E-state index in [0.717, 1.165) is 10.9 Å². The molecule has 0 unspecified atom stereocenters. The van der Waals surface area contributed by atoms with Gasteiger partial charge >= 0.3 is 0 Å². The minimum Gasteiger partial charge on any atom is -0.497 e. The zero-order chi connectivity index (χ0) is 15.0. The summed E-state index contributed by atoms with van der Waals surface area (Å²) < 4.78 is 19.1. The molecule has 0 amide bonds. The van der Waals surface area contributed by atoms with Crippen molar-refractivity contribution in [1.82, 2.24) is 9.97 Å². The average Bonchev–Trinajstić information content (AvgIpc) is 2.47. The molecular formula is C16H14FN3O. The summed E-state index contributed by atoms with van der Waals surface area (Å²) in [5, 5.41) is 0.771. The Kier molecular flexibility index (Phi) is 3.17. The third kappa shape index (κ3) is 2.38.